The van der Waals surface area contributed by atoms with Gasteiger partial charge in [-0.1, -0.05) is 129 Å². The highest BCUT2D eigenvalue weighted by Crippen LogP contribution is 2.29. The molecule has 2 aromatic carbocycles. The summed E-state index contributed by atoms with van der Waals surface area (Å²) in [6.07, 6.45) is 10.9. The van der Waals surface area contributed by atoms with Crippen LogP contribution in [0.1, 0.15) is 170 Å². The molecule has 2 aliphatic heterocycles. The Balaban J connectivity index is 0.000000464. The first-order valence-electron chi connectivity index (χ1n) is 30.2. The third-order valence-electron chi connectivity index (χ3n) is 14.3. The zero-order valence-corrected chi connectivity index (χ0v) is 53.7. The summed E-state index contributed by atoms with van der Waals surface area (Å²) in [7, 11) is 0. The largest absolute Gasteiger partial charge is 0.447 e. The molecule has 86 heavy (non-hydrogen) atoms. The number of aliphatic hydroxyl groups is 1. The maximum absolute atomic E-state index is 13.0. The number of benzene rings is 2. The molecule has 24 heteroatoms. The number of hydrogen-bond acceptors (Lipinski definition) is 22. The number of aldehydes is 1. The highest BCUT2D eigenvalue weighted by molar-refractivity contribution is 8.15. The van der Waals surface area contributed by atoms with Crippen molar-refractivity contribution in [2.45, 2.75) is 185 Å². The molecule has 0 bridgehead atoms. The van der Waals surface area contributed by atoms with E-state index in [1.54, 1.807) is 40.6 Å². The lowest BCUT2D eigenvalue weighted by molar-refractivity contribution is -0.156. The van der Waals surface area contributed by atoms with Crippen LogP contribution in [-0.4, -0.2) is 165 Å². The molecule has 2 aliphatic rings. The normalized spacial score (nSPS) is 17.5. The fourth-order valence-electron chi connectivity index (χ4n) is 9.67. The van der Waals surface area contributed by atoms with Crippen molar-refractivity contribution in [2.75, 3.05) is 56.6 Å². The summed E-state index contributed by atoms with van der Waals surface area (Å²) in [6.45, 7) is 8.09. The second-order valence-corrected chi connectivity index (χ2v) is 26.3. The van der Waals surface area contributed by atoms with Gasteiger partial charge in [0.05, 0.1) is 0 Å². The lowest BCUT2D eigenvalue weighted by atomic mass is 10.1. The Labute approximate surface area is 525 Å². The average molecular weight is 1280 g/mol. The van der Waals surface area contributed by atoms with Crippen LogP contribution in [0.2, 0.25) is 0 Å². The first kappa shape index (κ1) is 75.4. The van der Waals surface area contributed by atoms with E-state index in [4.69, 9.17) is 24.7 Å². The van der Waals surface area contributed by atoms with Crippen LogP contribution >= 0.6 is 47.0 Å². The van der Waals surface area contributed by atoms with E-state index in [9.17, 15) is 53.1 Å². The summed E-state index contributed by atoms with van der Waals surface area (Å²) in [5.41, 5.74) is 7.14. The predicted octanol–water partition coefficient (Wildman–Crippen LogP) is 8.69. The lowest BCUT2D eigenvalue weighted by Crippen LogP contribution is -2.45. The molecular weight excluding hydrogens is 1180 g/mol. The van der Waals surface area contributed by atoms with Gasteiger partial charge in [0.2, 0.25) is 22.0 Å². The van der Waals surface area contributed by atoms with Gasteiger partial charge in [-0.3, -0.25) is 53.8 Å². The summed E-state index contributed by atoms with van der Waals surface area (Å²) < 4.78 is 21.5. The number of likely N-dealkylation sites (tertiary alicyclic amines) is 2. The molecule has 0 aliphatic carbocycles. The van der Waals surface area contributed by atoms with Crippen molar-refractivity contribution < 1.29 is 72.0 Å². The molecule has 2 heterocycles. The smallest absolute Gasteiger partial charge is 0.307 e. The van der Waals surface area contributed by atoms with Gasteiger partial charge >= 0.3 is 11.9 Å². The van der Waals surface area contributed by atoms with Crippen molar-refractivity contribution in [2.24, 2.45) is 17.6 Å². The molecule has 2 amide bonds. The summed E-state index contributed by atoms with van der Waals surface area (Å²) in [4.78, 5) is 123. The van der Waals surface area contributed by atoms with Gasteiger partial charge in [-0.2, -0.15) is 11.8 Å². The van der Waals surface area contributed by atoms with E-state index in [1.807, 2.05) is 62.4 Å². The third-order valence-corrected chi connectivity index (χ3v) is 18.6. The molecular formula is C62H93N5O15S4. The summed E-state index contributed by atoms with van der Waals surface area (Å²) >= 11 is 5.48. The molecule has 2 aromatic rings. The number of unbranched alkanes of at least 4 members (excludes halogenated alkanes) is 2. The lowest BCUT2D eigenvalue weighted by Gasteiger charge is -2.29. The minimum Gasteiger partial charge on any atom is -0.447 e. The van der Waals surface area contributed by atoms with Crippen LogP contribution in [0, 0.1) is 11.8 Å². The van der Waals surface area contributed by atoms with Crippen LogP contribution in [0.25, 0.3) is 0 Å². The van der Waals surface area contributed by atoms with Crippen molar-refractivity contribution >= 4 is 105 Å². The number of thioether (sulfide) groups is 4. The van der Waals surface area contributed by atoms with E-state index in [-0.39, 0.29) is 100 Å². The Morgan fingerprint density at radius 3 is 1.88 bits per heavy atom. The number of ether oxygens (including phenoxy) is 4. The van der Waals surface area contributed by atoms with Crippen molar-refractivity contribution in [3.63, 3.8) is 0 Å². The van der Waals surface area contributed by atoms with Crippen LogP contribution in [0.3, 0.4) is 0 Å². The van der Waals surface area contributed by atoms with Gasteiger partial charge in [0.25, 0.3) is 12.9 Å². The van der Waals surface area contributed by atoms with Crippen LogP contribution < -0.4 is 16.4 Å². The number of aliphatic hydroxyl groups excluding tert-OH is 1. The number of nitrogens with zero attached hydrogens (tertiary/aromatic N) is 2. The number of rotatable bonds is 42. The van der Waals surface area contributed by atoms with Crippen LogP contribution in [0.5, 0.6) is 0 Å². The number of nitrogens with two attached hydrogens (primary N) is 1. The first-order valence-corrected chi connectivity index (χ1v) is 34.1. The molecule has 0 aromatic heterocycles. The minimum absolute atomic E-state index is 0.00957. The standard InChI is InChI=1S/C36H48N2O8S2.C26H45N3O7S2/c1-27-24-33(45-26-40)38(25-27)32(41)20-21-37-31(18-10-22-39)46-34(42)19-9-8-16-30(48-36(44)29-14-6-3-7-15-29)17-11-23-47-35(43)28-12-4-2-5-13-28;1-20(18-27)26(28-13-11-23(33)29-14-7-3-4-9-24(29)35-19-31)36-25(34)10-6-5-8-22(38-21(2)32)12-16-37-17-15-30/h2-7,12-15,26-27,30-31,33,37,39H,8-11,16-25H2,1H3;15,19-20,22,24,26,28H,3-14,16-18,27H2,1-2H3. The molecule has 2 fully saturated rings. The summed E-state index contributed by atoms with van der Waals surface area (Å²) in [6, 6.07) is 18.4. The van der Waals surface area contributed by atoms with E-state index >= 15 is 0 Å². The first-order chi connectivity index (χ1) is 41.6. The average Bonchev–Trinajstić information content (AvgIpc) is 3.92. The van der Waals surface area contributed by atoms with Crippen LogP contribution in [-0.2, 0) is 57.3 Å². The van der Waals surface area contributed by atoms with E-state index in [0.717, 1.165) is 76.2 Å². The van der Waals surface area contributed by atoms with Gasteiger partial charge in [0.15, 0.2) is 30.0 Å². The maximum atomic E-state index is 13.0. The maximum Gasteiger partial charge on any atom is 0.307 e. The molecule has 4 rings (SSSR count). The molecule has 2 saturated heterocycles. The number of amides is 2. The van der Waals surface area contributed by atoms with Crippen molar-refractivity contribution in [3.8, 4) is 0 Å². The van der Waals surface area contributed by atoms with Crippen LogP contribution in [0.15, 0.2) is 60.7 Å². The molecule has 0 radical (unpaired) electrons. The van der Waals surface area contributed by atoms with E-state index in [1.165, 1.54) is 35.3 Å². The number of carbonyl (C=O) groups excluding carboxylic acids is 10. The number of nitrogens with one attached hydrogen (secondary N) is 2. The third kappa shape index (κ3) is 32.4. The van der Waals surface area contributed by atoms with Gasteiger partial charge < -0.3 is 44.4 Å². The van der Waals surface area contributed by atoms with Crippen molar-refractivity contribution in [1.29, 1.82) is 0 Å². The number of hydrogen-bond donors (Lipinski definition) is 4. The molecule has 8 atom stereocenters. The highest BCUT2D eigenvalue weighted by Gasteiger charge is 2.34. The summed E-state index contributed by atoms with van der Waals surface area (Å²) in [5.74, 6) is 1.07. The SMILES string of the molecule is CC(=O)SC(CCCCC(=O)OC(NCCC(=O)N1CCCCCC1OC=O)C(C)CN)CCSCC=O.CC1CC(OC=O)N(C(=O)CCNC(CCCO)OC(=O)CCCCC(CCCSC(=O)c2ccccc2)SC(=O)c2ccccc2)C1. The highest BCUT2D eigenvalue weighted by atomic mass is 32.2. The second kappa shape index (κ2) is 46.3. The predicted molar refractivity (Wildman–Crippen MR) is 339 cm³/mol. The molecule has 480 valence electrons. The zero-order valence-electron chi connectivity index (χ0n) is 50.4. The van der Waals surface area contributed by atoms with Crippen molar-refractivity contribution in [3.05, 3.63) is 71.8 Å². The Hall–Kier alpha value is -4.82. The quantitative estimate of drug-likeness (QED) is 0.0159. The van der Waals surface area contributed by atoms with E-state index in [0.29, 0.717) is 100 Å². The Morgan fingerprint density at radius 1 is 0.674 bits per heavy atom. The Kier molecular flexibility index (Phi) is 40.6. The van der Waals surface area contributed by atoms with Crippen molar-refractivity contribution in [1.82, 2.24) is 20.4 Å². The van der Waals surface area contributed by atoms with E-state index < -0.39 is 24.9 Å². The van der Waals surface area contributed by atoms with Gasteiger partial charge in [0, 0.05) is 124 Å². The van der Waals surface area contributed by atoms with Crippen LogP contribution in [0.4, 0.5) is 0 Å². The molecule has 0 spiro atoms. The molecule has 20 nitrogen and oxygen atoms in total. The summed E-state index contributed by atoms with van der Waals surface area (Å²) in [5, 5.41) is 15.9. The zero-order chi connectivity index (χ0) is 62.7. The monoisotopic (exact) mass is 1280 g/mol. The Bertz CT molecular complexity index is 2310. The van der Waals surface area contributed by atoms with Gasteiger partial charge in [-0.15, -0.1) is 0 Å². The fourth-order valence-corrected chi connectivity index (χ4v) is 13.5. The van der Waals surface area contributed by atoms with Gasteiger partial charge in [-0.05, 0) is 82.4 Å². The fraction of sp³-hybridized carbons (Fsp3) is 0.645. The topological polar surface area (TPSA) is 284 Å². The second-order valence-electron chi connectivity index (χ2n) is 21.4. The van der Waals surface area contributed by atoms with E-state index in [2.05, 4.69) is 10.6 Å². The number of carbonyl (C=O) groups is 10. The molecule has 8 unspecified atom stereocenters. The van der Waals surface area contributed by atoms with Gasteiger partial charge in [0.1, 0.15) is 6.29 Å². The molecule has 5 N–H and O–H groups in total. The number of esters is 2. The Morgan fingerprint density at radius 2 is 1.27 bits per heavy atom. The minimum atomic E-state index is -0.639. The van der Waals surface area contributed by atoms with Gasteiger partial charge in [-0.25, -0.2) is 0 Å². The molecule has 0 saturated carbocycles.